The highest BCUT2D eigenvalue weighted by Gasteiger charge is 2.38. The van der Waals surface area contributed by atoms with Crippen LogP contribution in [-0.4, -0.2) is 30.0 Å². The molecule has 0 radical (unpaired) electrons. The predicted molar refractivity (Wildman–Crippen MR) is 116 cm³/mol. The van der Waals surface area contributed by atoms with Gasteiger partial charge < -0.3 is 9.84 Å². The zero-order valence-corrected chi connectivity index (χ0v) is 17.9. The summed E-state index contributed by atoms with van der Waals surface area (Å²) in [5, 5.41) is 10.8. The second kappa shape index (κ2) is 8.52. The number of para-hydroxylation sites is 1. The third kappa shape index (κ3) is 3.94. The fourth-order valence-corrected chi connectivity index (χ4v) is 5.18. The zero-order chi connectivity index (χ0) is 22.1. The molecular formula is C22H16FNO5S2. The van der Waals surface area contributed by atoms with Gasteiger partial charge in [0.25, 0.3) is 5.91 Å². The summed E-state index contributed by atoms with van der Waals surface area (Å²) in [6, 6.07) is 11.7. The molecule has 1 aromatic heterocycles. The number of methoxy groups -OCH3 is 1. The van der Waals surface area contributed by atoms with E-state index in [2.05, 4.69) is 0 Å². The van der Waals surface area contributed by atoms with Crippen LogP contribution in [0.3, 0.4) is 0 Å². The van der Waals surface area contributed by atoms with Crippen LogP contribution >= 0.6 is 23.1 Å². The number of amides is 2. The van der Waals surface area contributed by atoms with Crippen molar-refractivity contribution in [2.24, 2.45) is 0 Å². The summed E-state index contributed by atoms with van der Waals surface area (Å²) in [5.74, 6) is -2.15. The van der Waals surface area contributed by atoms with Crippen molar-refractivity contribution in [3.63, 3.8) is 0 Å². The lowest BCUT2D eigenvalue weighted by atomic mass is 10.0. The first-order chi connectivity index (χ1) is 14.9. The summed E-state index contributed by atoms with van der Waals surface area (Å²) in [4.78, 5) is 38.3. The number of imide groups is 1. The van der Waals surface area contributed by atoms with E-state index in [1.54, 1.807) is 13.2 Å². The number of hydrogen-bond donors (Lipinski definition) is 1. The molecule has 0 saturated carbocycles. The first kappa shape index (κ1) is 21.1. The Morgan fingerprint density at radius 1 is 1.26 bits per heavy atom. The van der Waals surface area contributed by atoms with Gasteiger partial charge in [0.15, 0.2) is 0 Å². The molecule has 2 amide bonds. The molecule has 31 heavy (non-hydrogen) atoms. The van der Waals surface area contributed by atoms with Gasteiger partial charge in [-0.25, -0.2) is 14.1 Å². The lowest BCUT2D eigenvalue weighted by molar-refractivity contribution is -0.117. The summed E-state index contributed by atoms with van der Waals surface area (Å²) in [6.07, 6.45) is -0.164. The Morgan fingerprint density at radius 2 is 2.03 bits per heavy atom. The first-order valence-electron chi connectivity index (χ1n) is 9.16. The van der Waals surface area contributed by atoms with E-state index < -0.39 is 23.6 Å². The second-order valence-corrected chi connectivity index (χ2v) is 8.62. The molecule has 1 N–H and O–H groups in total. The van der Waals surface area contributed by atoms with Crippen LogP contribution in [0.2, 0.25) is 0 Å². The van der Waals surface area contributed by atoms with Gasteiger partial charge in [-0.05, 0) is 35.2 Å². The summed E-state index contributed by atoms with van der Waals surface area (Å²) >= 11 is 2.28. The largest absolute Gasteiger partial charge is 0.496 e. The van der Waals surface area contributed by atoms with Gasteiger partial charge in [-0.2, -0.15) is 0 Å². The fourth-order valence-electron chi connectivity index (χ4n) is 3.36. The molecule has 1 aliphatic rings. The van der Waals surface area contributed by atoms with Crippen LogP contribution in [0.15, 0.2) is 52.7 Å². The van der Waals surface area contributed by atoms with E-state index in [4.69, 9.17) is 4.74 Å². The number of carbonyl (C=O) groups is 3. The Hall–Kier alpha value is -3.17. The van der Waals surface area contributed by atoms with Gasteiger partial charge in [0.05, 0.1) is 24.8 Å². The predicted octanol–water partition coefficient (Wildman–Crippen LogP) is 4.62. The number of aromatic carboxylic acids is 1. The van der Waals surface area contributed by atoms with E-state index in [1.807, 2.05) is 24.3 Å². The molecule has 0 saturated heterocycles. The monoisotopic (exact) mass is 457 g/mol. The highest BCUT2D eigenvalue weighted by molar-refractivity contribution is 7.98. The smallest absolute Gasteiger partial charge is 0.346 e. The molecule has 2 aromatic carbocycles. The lowest BCUT2D eigenvalue weighted by Crippen LogP contribution is -2.43. The molecule has 0 aliphatic carbocycles. The molecule has 2 heterocycles. The van der Waals surface area contributed by atoms with Crippen molar-refractivity contribution in [2.45, 2.75) is 17.1 Å². The van der Waals surface area contributed by atoms with Gasteiger partial charge in [-0.3, -0.25) is 9.59 Å². The summed E-state index contributed by atoms with van der Waals surface area (Å²) in [6.45, 7) is 0. The Balaban J connectivity index is 1.65. The summed E-state index contributed by atoms with van der Waals surface area (Å²) in [5.41, 5.74) is 1.06. The van der Waals surface area contributed by atoms with E-state index in [0.29, 0.717) is 16.2 Å². The number of carboxylic acids is 1. The minimum absolute atomic E-state index is 0.0522. The fraction of sp³-hybridized carbons (Fsp3) is 0.136. The Morgan fingerprint density at radius 3 is 2.77 bits per heavy atom. The van der Waals surface area contributed by atoms with Crippen molar-refractivity contribution >= 4 is 46.6 Å². The molecule has 4 rings (SSSR count). The average molecular weight is 458 g/mol. The van der Waals surface area contributed by atoms with Gasteiger partial charge in [0.1, 0.15) is 16.4 Å². The molecular weight excluding hydrogens is 441 g/mol. The number of ether oxygens (including phenoxy) is 1. The number of thiophene rings is 1. The number of fused-ring (bicyclic) bond motifs is 1. The standard InChI is InChI=1S/C22H16FNO5S2/c1-29-17-5-3-2-4-12(17)10-30-14-6-7-15(23)16(9-14)24-18(25)8-13-11-31-20(22(27)28)19(13)21(24)26/h2-7,9,11H,8,10H2,1H3,(H,27,28). The maximum absolute atomic E-state index is 14.7. The van der Waals surface area contributed by atoms with E-state index in [0.717, 1.165) is 27.5 Å². The van der Waals surface area contributed by atoms with Gasteiger partial charge in [-0.15, -0.1) is 23.1 Å². The van der Waals surface area contributed by atoms with E-state index in [-0.39, 0.29) is 22.5 Å². The number of hydrogen-bond acceptors (Lipinski definition) is 6. The first-order valence-corrected chi connectivity index (χ1v) is 11.0. The van der Waals surface area contributed by atoms with Crippen molar-refractivity contribution in [3.8, 4) is 5.75 Å². The van der Waals surface area contributed by atoms with Crippen LogP contribution in [0.1, 0.15) is 31.2 Å². The summed E-state index contributed by atoms with van der Waals surface area (Å²) < 4.78 is 20.0. The van der Waals surface area contributed by atoms with Crippen molar-refractivity contribution in [2.75, 3.05) is 12.0 Å². The minimum atomic E-state index is -1.25. The van der Waals surface area contributed by atoms with Crippen LogP contribution in [-0.2, 0) is 17.0 Å². The van der Waals surface area contributed by atoms with Crippen LogP contribution in [0, 0.1) is 5.82 Å². The average Bonchev–Trinajstić information content (AvgIpc) is 3.18. The maximum atomic E-state index is 14.7. The van der Waals surface area contributed by atoms with Crippen LogP contribution in [0.4, 0.5) is 10.1 Å². The van der Waals surface area contributed by atoms with Crippen LogP contribution in [0.5, 0.6) is 5.75 Å². The summed E-state index contributed by atoms with van der Waals surface area (Å²) in [7, 11) is 1.58. The number of rotatable bonds is 6. The SMILES string of the molecule is COc1ccccc1CSc1ccc(F)c(N2C(=O)Cc3csc(C(=O)O)c3C2=O)c1. The number of halogens is 1. The van der Waals surface area contributed by atoms with E-state index in [9.17, 15) is 23.9 Å². The highest BCUT2D eigenvalue weighted by Crippen LogP contribution is 2.35. The van der Waals surface area contributed by atoms with Gasteiger partial charge in [0, 0.05) is 16.2 Å². The van der Waals surface area contributed by atoms with Crippen molar-refractivity contribution in [1.29, 1.82) is 0 Å². The Kier molecular flexibility index (Phi) is 5.79. The Labute approximate surface area is 185 Å². The maximum Gasteiger partial charge on any atom is 0.346 e. The third-order valence-electron chi connectivity index (χ3n) is 4.81. The number of carboxylic acid groups (broad SMARTS) is 1. The van der Waals surface area contributed by atoms with Crippen LogP contribution < -0.4 is 9.64 Å². The molecule has 6 nitrogen and oxygen atoms in total. The van der Waals surface area contributed by atoms with Gasteiger partial charge >= 0.3 is 5.97 Å². The van der Waals surface area contributed by atoms with Crippen molar-refractivity contribution in [3.05, 3.63) is 75.2 Å². The van der Waals surface area contributed by atoms with Gasteiger partial charge in [-0.1, -0.05) is 18.2 Å². The number of anilines is 1. The molecule has 9 heteroatoms. The quantitative estimate of drug-likeness (QED) is 0.430. The number of benzene rings is 2. The zero-order valence-electron chi connectivity index (χ0n) is 16.3. The molecule has 0 bridgehead atoms. The minimum Gasteiger partial charge on any atom is -0.496 e. The molecule has 3 aromatic rings. The van der Waals surface area contributed by atoms with Crippen LogP contribution in [0.25, 0.3) is 0 Å². The van der Waals surface area contributed by atoms with E-state index in [1.165, 1.54) is 29.3 Å². The number of carbonyl (C=O) groups excluding carboxylic acids is 2. The number of nitrogens with zero attached hydrogens (tertiary/aromatic N) is 1. The normalized spacial score (nSPS) is 13.3. The molecule has 0 unspecified atom stereocenters. The number of thioether (sulfide) groups is 1. The Bertz CT molecular complexity index is 1210. The third-order valence-corrected chi connectivity index (χ3v) is 6.87. The van der Waals surface area contributed by atoms with Gasteiger partial charge in [0.2, 0.25) is 5.91 Å². The van der Waals surface area contributed by atoms with Crippen molar-refractivity contribution in [1.82, 2.24) is 0 Å². The second-order valence-electron chi connectivity index (χ2n) is 6.70. The molecule has 0 spiro atoms. The molecule has 0 fully saturated rings. The molecule has 0 atom stereocenters. The van der Waals surface area contributed by atoms with Crippen molar-refractivity contribution < 1.29 is 28.6 Å². The highest BCUT2D eigenvalue weighted by atomic mass is 32.2. The van der Waals surface area contributed by atoms with E-state index >= 15 is 0 Å². The molecule has 158 valence electrons. The lowest BCUT2D eigenvalue weighted by Gasteiger charge is -2.26. The molecule has 1 aliphatic heterocycles. The topological polar surface area (TPSA) is 83.9 Å².